The van der Waals surface area contributed by atoms with E-state index in [1.807, 2.05) is 6.07 Å². The van der Waals surface area contributed by atoms with Crippen molar-refractivity contribution in [2.24, 2.45) is 5.92 Å². The third-order valence-corrected chi connectivity index (χ3v) is 10.6. The Hall–Kier alpha value is -2.54. The Bertz CT molecular complexity index is 1160. The average molecular weight is 655 g/mol. The summed E-state index contributed by atoms with van der Waals surface area (Å²) in [7, 11) is 1.63. The van der Waals surface area contributed by atoms with Crippen LogP contribution in [0.5, 0.6) is 11.5 Å². The lowest BCUT2D eigenvalue weighted by Crippen LogP contribution is -2.46. The van der Waals surface area contributed by atoms with E-state index in [2.05, 4.69) is 13.0 Å². The van der Waals surface area contributed by atoms with Gasteiger partial charge >= 0.3 is 11.9 Å². The van der Waals surface area contributed by atoms with E-state index in [-0.39, 0.29) is 11.9 Å². The second-order valence-electron chi connectivity index (χ2n) is 14.4. The topological polar surface area (TPSA) is 91.3 Å². The highest BCUT2D eigenvalue weighted by atomic mass is 16.6. The van der Waals surface area contributed by atoms with E-state index in [1.54, 1.807) is 20.1 Å². The first-order chi connectivity index (χ1) is 22.8. The van der Waals surface area contributed by atoms with Crippen molar-refractivity contribution < 1.29 is 33.6 Å². The van der Waals surface area contributed by atoms with E-state index >= 15 is 0 Å². The lowest BCUT2D eigenvalue weighted by molar-refractivity contribution is -0.165. The van der Waals surface area contributed by atoms with Gasteiger partial charge in [0, 0.05) is 18.4 Å². The standard InChI is InChI=1S/C40H62O7/c1-4-5-6-7-8-9-10-11-12-13-14-15-16-17-18-23-37(41)45-30(2)39(42)47-34-26-27-40(43)29-36(34)46-38-33-22-20-19-21-32(40)28-31(33)24-25-35(38)44-3/h24-26,30,32,36,43H,4-23,27-29H2,1-3H3/t30-,32+,36+,40-/m0/s1. The zero-order chi connectivity index (χ0) is 33.5. The summed E-state index contributed by atoms with van der Waals surface area (Å²) in [4.78, 5) is 25.6. The minimum Gasteiger partial charge on any atom is -0.493 e. The Morgan fingerprint density at radius 1 is 0.936 bits per heavy atom. The van der Waals surface area contributed by atoms with Crippen molar-refractivity contribution in [3.8, 4) is 11.5 Å². The molecular formula is C40H62O7. The highest BCUT2D eigenvalue weighted by molar-refractivity contribution is 5.79. The van der Waals surface area contributed by atoms with Gasteiger partial charge in [-0.15, -0.1) is 0 Å². The molecule has 1 heterocycles. The minimum atomic E-state index is -1.03. The van der Waals surface area contributed by atoms with Crippen LogP contribution in [-0.2, 0) is 31.9 Å². The Morgan fingerprint density at radius 2 is 1.57 bits per heavy atom. The summed E-state index contributed by atoms with van der Waals surface area (Å²) in [6.45, 7) is 3.82. The van der Waals surface area contributed by atoms with Crippen LogP contribution in [0.25, 0.3) is 0 Å². The van der Waals surface area contributed by atoms with Crippen LogP contribution in [0.4, 0.5) is 0 Å². The molecule has 1 aromatic carbocycles. The molecular weight excluding hydrogens is 592 g/mol. The first-order valence-electron chi connectivity index (χ1n) is 19.0. The quantitative estimate of drug-likeness (QED) is 0.111. The largest absolute Gasteiger partial charge is 0.493 e. The fraction of sp³-hybridized carbons (Fsp3) is 0.750. The number of methoxy groups -OCH3 is 1. The Labute approximate surface area is 284 Å². The van der Waals surface area contributed by atoms with Crippen molar-refractivity contribution in [3.05, 3.63) is 35.1 Å². The number of fused-ring (bicyclic) bond motifs is 4. The number of rotatable bonds is 20. The summed E-state index contributed by atoms with van der Waals surface area (Å²) in [5, 5.41) is 11.9. The summed E-state index contributed by atoms with van der Waals surface area (Å²) < 4.78 is 23.5. The molecule has 0 spiro atoms. The van der Waals surface area contributed by atoms with Gasteiger partial charge in [-0.1, -0.05) is 109 Å². The lowest BCUT2D eigenvalue weighted by Gasteiger charge is -2.41. The van der Waals surface area contributed by atoms with Crippen LogP contribution in [0.2, 0.25) is 0 Å². The van der Waals surface area contributed by atoms with Gasteiger partial charge in [0.25, 0.3) is 0 Å². The Kier molecular flexibility index (Phi) is 15.4. The van der Waals surface area contributed by atoms with Gasteiger partial charge in [0.1, 0.15) is 5.76 Å². The van der Waals surface area contributed by atoms with Crippen LogP contribution in [0.3, 0.4) is 0 Å². The molecule has 0 saturated carbocycles. The van der Waals surface area contributed by atoms with Gasteiger partial charge in [0.05, 0.1) is 12.7 Å². The molecule has 0 saturated heterocycles. The van der Waals surface area contributed by atoms with Gasteiger partial charge in [0.15, 0.2) is 23.7 Å². The molecule has 4 atom stereocenters. The predicted molar refractivity (Wildman–Crippen MR) is 186 cm³/mol. The second kappa shape index (κ2) is 19.5. The zero-order valence-corrected chi connectivity index (χ0v) is 29.6. The van der Waals surface area contributed by atoms with E-state index in [0.717, 1.165) is 56.9 Å². The van der Waals surface area contributed by atoms with Gasteiger partial charge in [-0.3, -0.25) is 4.79 Å². The molecule has 0 aromatic heterocycles. The molecule has 1 aromatic rings. The summed E-state index contributed by atoms with van der Waals surface area (Å²) in [6.07, 6.45) is 24.8. The number of aliphatic hydroxyl groups is 1. The number of carbonyl (C=O) groups excluding carboxylic acids is 2. The molecule has 2 aliphatic carbocycles. The molecule has 1 N–H and O–H groups in total. The van der Waals surface area contributed by atoms with Crippen LogP contribution in [0.15, 0.2) is 24.0 Å². The fourth-order valence-electron chi connectivity index (χ4n) is 7.66. The van der Waals surface area contributed by atoms with Gasteiger partial charge in [-0.25, -0.2) is 4.79 Å². The molecule has 0 amide bonds. The van der Waals surface area contributed by atoms with Crippen LogP contribution >= 0.6 is 0 Å². The molecule has 0 unspecified atom stereocenters. The predicted octanol–water partition coefficient (Wildman–Crippen LogP) is 9.49. The van der Waals surface area contributed by atoms with E-state index in [1.165, 1.54) is 82.6 Å². The number of unbranched alkanes of at least 4 members (excludes halogenated alkanes) is 14. The molecule has 3 aliphatic rings. The summed E-state index contributed by atoms with van der Waals surface area (Å²) >= 11 is 0. The second-order valence-corrected chi connectivity index (χ2v) is 14.4. The highest BCUT2D eigenvalue weighted by Crippen LogP contribution is 2.47. The molecule has 47 heavy (non-hydrogen) atoms. The normalized spacial score (nSPS) is 22.4. The van der Waals surface area contributed by atoms with Gasteiger partial charge in [-0.05, 0) is 69.1 Å². The van der Waals surface area contributed by atoms with Crippen LogP contribution < -0.4 is 9.47 Å². The maximum absolute atomic E-state index is 13.1. The molecule has 6 bridgehead atoms. The van der Waals surface area contributed by atoms with Crippen molar-refractivity contribution in [2.45, 2.75) is 179 Å². The number of esters is 2. The Balaban J connectivity index is 1.17. The first kappa shape index (κ1) is 37.3. The number of hydrogen-bond acceptors (Lipinski definition) is 7. The molecule has 7 nitrogen and oxygen atoms in total. The number of benzene rings is 1. The first-order valence-corrected chi connectivity index (χ1v) is 19.0. The molecule has 4 rings (SSSR count). The summed E-state index contributed by atoms with van der Waals surface area (Å²) in [6, 6.07) is 4.03. The van der Waals surface area contributed by atoms with E-state index in [0.29, 0.717) is 36.5 Å². The SMILES string of the molecule is CCCCCCCCCCCCCCCCCC(=O)O[C@@H](C)C(=O)OC1=CC[C@]2(O)C[C@H]1Oc1c(OC)ccc3c1CCCC[C@@H]2C3. The van der Waals surface area contributed by atoms with Crippen LogP contribution in [0, 0.1) is 5.92 Å². The molecule has 0 fully saturated rings. The van der Waals surface area contributed by atoms with Crippen molar-refractivity contribution in [3.63, 3.8) is 0 Å². The fourth-order valence-corrected chi connectivity index (χ4v) is 7.66. The van der Waals surface area contributed by atoms with Gasteiger partial charge < -0.3 is 24.1 Å². The van der Waals surface area contributed by atoms with Crippen LogP contribution in [0.1, 0.15) is 160 Å². The van der Waals surface area contributed by atoms with E-state index < -0.39 is 23.8 Å². The highest BCUT2D eigenvalue weighted by Gasteiger charge is 2.46. The molecule has 0 radical (unpaired) electrons. The molecule has 264 valence electrons. The molecule has 7 heteroatoms. The van der Waals surface area contributed by atoms with Gasteiger partial charge in [0.2, 0.25) is 0 Å². The smallest absolute Gasteiger partial charge is 0.352 e. The van der Waals surface area contributed by atoms with Gasteiger partial charge in [-0.2, -0.15) is 0 Å². The lowest BCUT2D eigenvalue weighted by atomic mass is 9.71. The van der Waals surface area contributed by atoms with Crippen molar-refractivity contribution in [2.75, 3.05) is 7.11 Å². The van der Waals surface area contributed by atoms with Crippen molar-refractivity contribution in [1.29, 1.82) is 0 Å². The third kappa shape index (κ3) is 11.3. The van der Waals surface area contributed by atoms with Crippen LogP contribution in [-0.4, -0.2) is 42.0 Å². The number of hydrogen-bond donors (Lipinski definition) is 1. The van der Waals surface area contributed by atoms with E-state index in [4.69, 9.17) is 18.9 Å². The van der Waals surface area contributed by atoms with Crippen molar-refractivity contribution in [1.82, 2.24) is 0 Å². The van der Waals surface area contributed by atoms with Crippen molar-refractivity contribution >= 4 is 11.9 Å². The monoisotopic (exact) mass is 654 g/mol. The minimum absolute atomic E-state index is 0.0834. The maximum atomic E-state index is 13.1. The Morgan fingerprint density at radius 3 is 2.21 bits per heavy atom. The summed E-state index contributed by atoms with van der Waals surface area (Å²) in [5.74, 6) is 0.762. The zero-order valence-electron chi connectivity index (χ0n) is 29.6. The van der Waals surface area contributed by atoms with E-state index in [9.17, 15) is 14.7 Å². The summed E-state index contributed by atoms with van der Waals surface area (Å²) in [5.41, 5.74) is 1.36. The average Bonchev–Trinajstić information content (AvgIpc) is 3.05. The molecule has 1 aliphatic heterocycles. The third-order valence-electron chi connectivity index (χ3n) is 10.6. The number of ether oxygens (including phenoxy) is 4. The maximum Gasteiger partial charge on any atom is 0.352 e. The number of carbonyl (C=O) groups is 2.